The van der Waals surface area contributed by atoms with Gasteiger partial charge in [-0.05, 0) is 39.2 Å². The second-order valence-electron chi connectivity index (χ2n) is 4.18. The number of ether oxygens (including phenoxy) is 1. The van der Waals surface area contributed by atoms with Crippen molar-refractivity contribution in [3.05, 3.63) is 68.2 Å². The van der Waals surface area contributed by atoms with Crippen molar-refractivity contribution in [1.82, 2.24) is 0 Å². The molecule has 0 aliphatic heterocycles. The molecule has 0 unspecified atom stereocenters. The van der Waals surface area contributed by atoms with Gasteiger partial charge >= 0.3 is 0 Å². The number of non-ortho nitro benzene ring substituents is 1. The number of nitro benzene ring substituents is 1. The first-order valence-electron chi connectivity index (χ1n) is 5.95. The number of halogens is 1. The van der Waals surface area contributed by atoms with Gasteiger partial charge in [0.1, 0.15) is 12.4 Å². The highest BCUT2D eigenvalue weighted by molar-refractivity contribution is 9.10. The van der Waals surface area contributed by atoms with Crippen LogP contribution in [0.2, 0.25) is 0 Å². The van der Waals surface area contributed by atoms with Crippen molar-refractivity contribution in [2.75, 3.05) is 0 Å². The first kappa shape index (κ1) is 14.5. The molecule has 0 radical (unpaired) electrons. The maximum absolute atomic E-state index is 10.7. The van der Waals surface area contributed by atoms with Gasteiger partial charge in [0.05, 0.1) is 9.40 Å². The minimum absolute atomic E-state index is 0.0589. The van der Waals surface area contributed by atoms with Gasteiger partial charge in [0.15, 0.2) is 0 Å². The summed E-state index contributed by atoms with van der Waals surface area (Å²) in [5.74, 6) is 0.675. The quantitative estimate of drug-likeness (QED) is 0.670. The van der Waals surface area contributed by atoms with E-state index in [1.165, 1.54) is 12.1 Å². The summed E-state index contributed by atoms with van der Waals surface area (Å²) in [5, 5.41) is 10.7. The van der Waals surface area contributed by atoms with Gasteiger partial charge in [-0.1, -0.05) is 18.2 Å². The Hall–Kier alpha value is -1.92. The summed E-state index contributed by atoms with van der Waals surface area (Å²) in [5.41, 5.74) is 7.36. The first-order valence-corrected chi connectivity index (χ1v) is 6.74. The lowest BCUT2D eigenvalue weighted by atomic mass is 10.2. The lowest BCUT2D eigenvalue weighted by Gasteiger charge is -2.09. The van der Waals surface area contributed by atoms with Crippen LogP contribution in [-0.4, -0.2) is 4.92 Å². The molecule has 0 atom stereocenters. The van der Waals surface area contributed by atoms with Crippen LogP contribution in [0.4, 0.5) is 5.69 Å². The van der Waals surface area contributed by atoms with E-state index in [4.69, 9.17) is 10.5 Å². The zero-order chi connectivity index (χ0) is 14.5. The van der Waals surface area contributed by atoms with Crippen LogP contribution in [0, 0.1) is 10.1 Å². The second-order valence-corrected chi connectivity index (χ2v) is 5.04. The zero-order valence-electron chi connectivity index (χ0n) is 10.6. The maximum Gasteiger partial charge on any atom is 0.269 e. The molecule has 0 heterocycles. The Bertz CT molecular complexity index is 632. The van der Waals surface area contributed by atoms with Gasteiger partial charge < -0.3 is 10.5 Å². The average molecular weight is 337 g/mol. The molecule has 0 aliphatic rings. The van der Waals surface area contributed by atoms with Crippen molar-refractivity contribution in [2.45, 2.75) is 13.2 Å². The largest absolute Gasteiger partial charge is 0.488 e. The van der Waals surface area contributed by atoms with Gasteiger partial charge in [-0.2, -0.15) is 0 Å². The van der Waals surface area contributed by atoms with E-state index in [-0.39, 0.29) is 12.3 Å². The molecule has 0 aromatic heterocycles. The van der Waals surface area contributed by atoms with Crippen molar-refractivity contribution in [3.8, 4) is 5.75 Å². The van der Waals surface area contributed by atoms with Crippen LogP contribution in [0.3, 0.4) is 0 Å². The van der Waals surface area contributed by atoms with Gasteiger partial charge in [0, 0.05) is 18.7 Å². The fourth-order valence-electron chi connectivity index (χ4n) is 1.71. The highest BCUT2D eigenvalue weighted by atomic mass is 79.9. The summed E-state index contributed by atoms with van der Waals surface area (Å²) in [4.78, 5) is 10.3. The van der Waals surface area contributed by atoms with Crippen LogP contribution in [-0.2, 0) is 13.2 Å². The third kappa shape index (κ3) is 3.55. The minimum atomic E-state index is -0.421. The Labute approximate surface area is 124 Å². The third-order valence-electron chi connectivity index (χ3n) is 2.75. The summed E-state index contributed by atoms with van der Waals surface area (Å²) < 4.78 is 6.46. The SMILES string of the molecule is NCc1ccc(OCc2cccc([N+](=O)[O-])c2)c(Br)c1. The van der Waals surface area contributed by atoms with E-state index in [0.29, 0.717) is 12.3 Å². The van der Waals surface area contributed by atoms with E-state index in [1.807, 2.05) is 18.2 Å². The lowest BCUT2D eigenvalue weighted by Crippen LogP contribution is -1.99. The summed E-state index contributed by atoms with van der Waals surface area (Å²) in [6.07, 6.45) is 0. The number of nitro groups is 1. The van der Waals surface area contributed by atoms with Crippen molar-refractivity contribution in [1.29, 1.82) is 0 Å². The predicted octanol–water partition coefficient (Wildman–Crippen LogP) is 3.40. The molecule has 0 saturated carbocycles. The standard InChI is InChI=1S/C14H13BrN2O3/c15-13-7-10(8-16)4-5-14(13)20-9-11-2-1-3-12(6-11)17(18)19/h1-7H,8-9,16H2. The number of hydrogen-bond acceptors (Lipinski definition) is 4. The van der Waals surface area contributed by atoms with Gasteiger partial charge in [-0.3, -0.25) is 10.1 Å². The van der Waals surface area contributed by atoms with Crippen LogP contribution in [0.25, 0.3) is 0 Å². The summed E-state index contributed by atoms with van der Waals surface area (Å²) in [6.45, 7) is 0.728. The van der Waals surface area contributed by atoms with Crippen molar-refractivity contribution in [2.24, 2.45) is 5.73 Å². The van der Waals surface area contributed by atoms with Gasteiger partial charge in [-0.25, -0.2) is 0 Å². The smallest absolute Gasteiger partial charge is 0.269 e. The predicted molar refractivity (Wildman–Crippen MR) is 79.5 cm³/mol. The van der Waals surface area contributed by atoms with Crippen LogP contribution >= 0.6 is 15.9 Å². The average Bonchev–Trinajstić information content (AvgIpc) is 2.46. The van der Waals surface area contributed by atoms with Gasteiger partial charge in [0.2, 0.25) is 0 Å². The molecule has 2 rings (SSSR count). The first-order chi connectivity index (χ1) is 9.60. The van der Waals surface area contributed by atoms with E-state index in [1.54, 1.807) is 12.1 Å². The van der Waals surface area contributed by atoms with E-state index < -0.39 is 4.92 Å². The Morgan fingerprint density at radius 3 is 2.65 bits per heavy atom. The molecule has 2 aromatic carbocycles. The third-order valence-corrected chi connectivity index (χ3v) is 3.37. The van der Waals surface area contributed by atoms with E-state index in [2.05, 4.69) is 15.9 Å². The number of benzene rings is 2. The van der Waals surface area contributed by atoms with Crippen LogP contribution in [0.15, 0.2) is 46.9 Å². The molecule has 20 heavy (non-hydrogen) atoms. The van der Waals surface area contributed by atoms with E-state index in [0.717, 1.165) is 15.6 Å². The van der Waals surface area contributed by atoms with E-state index in [9.17, 15) is 10.1 Å². The lowest BCUT2D eigenvalue weighted by molar-refractivity contribution is -0.384. The number of nitrogens with two attached hydrogens (primary N) is 1. The molecule has 6 heteroatoms. The Morgan fingerprint density at radius 1 is 1.20 bits per heavy atom. The fourth-order valence-corrected chi connectivity index (χ4v) is 2.25. The Kier molecular flexibility index (Phi) is 4.70. The maximum atomic E-state index is 10.7. The van der Waals surface area contributed by atoms with Crippen LogP contribution in [0.5, 0.6) is 5.75 Å². The second kappa shape index (κ2) is 6.49. The summed E-state index contributed by atoms with van der Waals surface area (Å²) in [7, 11) is 0. The highest BCUT2D eigenvalue weighted by Crippen LogP contribution is 2.27. The molecule has 2 N–H and O–H groups in total. The minimum Gasteiger partial charge on any atom is -0.488 e. The fraction of sp³-hybridized carbons (Fsp3) is 0.143. The van der Waals surface area contributed by atoms with Crippen molar-refractivity contribution >= 4 is 21.6 Å². The topological polar surface area (TPSA) is 78.4 Å². The molecule has 2 aromatic rings. The van der Waals surface area contributed by atoms with Crippen molar-refractivity contribution in [3.63, 3.8) is 0 Å². The Balaban J connectivity index is 2.09. The van der Waals surface area contributed by atoms with E-state index >= 15 is 0 Å². The molecule has 0 amide bonds. The molecular weight excluding hydrogens is 324 g/mol. The normalized spacial score (nSPS) is 10.3. The van der Waals surface area contributed by atoms with Crippen LogP contribution < -0.4 is 10.5 Å². The molecule has 104 valence electrons. The highest BCUT2D eigenvalue weighted by Gasteiger charge is 2.07. The molecule has 0 spiro atoms. The molecule has 0 aliphatic carbocycles. The molecule has 0 saturated heterocycles. The molecule has 0 fully saturated rings. The zero-order valence-corrected chi connectivity index (χ0v) is 12.2. The summed E-state index contributed by atoms with van der Waals surface area (Å²) >= 11 is 3.41. The Morgan fingerprint density at radius 2 is 2.00 bits per heavy atom. The number of nitrogens with zero attached hydrogens (tertiary/aromatic N) is 1. The van der Waals surface area contributed by atoms with Crippen LogP contribution in [0.1, 0.15) is 11.1 Å². The molecule has 5 nitrogen and oxygen atoms in total. The monoisotopic (exact) mass is 336 g/mol. The number of rotatable bonds is 5. The molecular formula is C14H13BrN2O3. The van der Waals surface area contributed by atoms with Gasteiger partial charge in [-0.15, -0.1) is 0 Å². The summed E-state index contributed by atoms with van der Waals surface area (Å²) in [6, 6.07) is 12.0. The number of hydrogen-bond donors (Lipinski definition) is 1. The van der Waals surface area contributed by atoms with Gasteiger partial charge in [0.25, 0.3) is 5.69 Å². The van der Waals surface area contributed by atoms with Crippen molar-refractivity contribution < 1.29 is 9.66 Å². The molecule has 0 bridgehead atoms.